The fourth-order valence-electron chi connectivity index (χ4n) is 4.02. The van der Waals surface area contributed by atoms with Gasteiger partial charge in [0.05, 0.1) is 24.1 Å². The topological polar surface area (TPSA) is 99.0 Å². The number of methoxy groups -OCH3 is 1. The summed E-state index contributed by atoms with van der Waals surface area (Å²) in [5, 5.41) is 15.8. The SMILES string of the molecule is COC(=O)c1c(NC(=O)CSc2nnnn2-c2ccccc2)sc2c1CC[C@H](C(C)(C)C)C2. The van der Waals surface area contributed by atoms with E-state index in [2.05, 4.69) is 41.6 Å². The van der Waals surface area contributed by atoms with Crippen LogP contribution in [0.25, 0.3) is 5.69 Å². The molecule has 33 heavy (non-hydrogen) atoms. The summed E-state index contributed by atoms with van der Waals surface area (Å²) < 4.78 is 6.63. The van der Waals surface area contributed by atoms with Gasteiger partial charge in [-0.1, -0.05) is 50.7 Å². The molecule has 0 radical (unpaired) electrons. The quantitative estimate of drug-likeness (QED) is 0.408. The number of thiophene rings is 1. The number of rotatable bonds is 6. The van der Waals surface area contributed by atoms with Crippen LogP contribution in [0.1, 0.15) is 48.0 Å². The lowest BCUT2D eigenvalue weighted by molar-refractivity contribution is -0.113. The Kier molecular flexibility index (Phi) is 6.85. The number of para-hydroxylation sites is 1. The molecule has 2 heterocycles. The van der Waals surface area contributed by atoms with Crippen molar-refractivity contribution in [1.82, 2.24) is 20.2 Å². The van der Waals surface area contributed by atoms with Crippen molar-refractivity contribution in [1.29, 1.82) is 0 Å². The Balaban J connectivity index is 1.49. The number of nitrogens with zero attached hydrogens (tertiary/aromatic N) is 4. The summed E-state index contributed by atoms with van der Waals surface area (Å²) in [5.41, 5.74) is 2.52. The van der Waals surface area contributed by atoms with Crippen molar-refractivity contribution >= 4 is 40.0 Å². The van der Waals surface area contributed by atoms with E-state index in [9.17, 15) is 9.59 Å². The number of aromatic nitrogens is 4. The molecule has 0 saturated heterocycles. The number of nitrogens with one attached hydrogen (secondary N) is 1. The maximum absolute atomic E-state index is 12.8. The second-order valence-electron chi connectivity index (χ2n) is 9.05. The van der Waals surface area contributed by atoms with E-state index < -0.39 is 5.97 Å². The zero-order valence-corrected chi connectivity index (χ0v) is 20.8. The van der Waals surface area contributed by atoms with Crippen molar-refractivity contribution < 1.29 is 14.3 Å². The van der Waals surface area contributed by atoms with E-state index in [-0.39, 0.29) is 17.1 Å². The van der Waals surface area contributed by atoms with Crippen LogP contribution in [-0.4, -0.2) is 44.9 Å². The van der Waals surface area contributed by atoms with E-state index >= 15 is 0 Å². The number of fused-ring (bicyclic) bond motifs is 1. The zero-order chi connectivity index (χ0) is 23.6. The number of thioether (sulfide) groups is 1. The van der Waals surface area contributed by atoms with Gasteiger partial charge in [-0.2, -0.15) is 4.68 Å². The van der Waals surface area contributed by atoms with E-state index in [1.165, 1.54) is 30.2 Å². The number of ether oxygens (including phenoxy) is 1. The molecule has 1 amide bonds. The van der Waals surface area contributed by atoms with Gasteiger partial charge in [-0.15, -0.1) is 16.4 Å². The first kappa shape index (κ1) is 23.4. The number of carbonyl (C=O) groups excluding carboxylic acids is 2. The lowest BCUT2D eigenvalue weighted by atomic mass is 9.72. The lowest BCUT2D eigenvalue weighted by Gasteiger charge is -2.33. The number of tetrazole rings is 1. The van der Waals surface area contributed by atoms with Crippen LogP contribution in [0.5, 0.6) is 0 Å². The highest BCUT2D eigenvalue weighted by Crippen LogP contribution is 2.44. The summed E-state index contributed by atoms with van der Waals surface area (Å²) in [6.07, 6.45) is 2.74. The first-order valence-electron chi connectivity index (χ1n) is 10.8. The molecule has 0 spiro atoms. The van der Waals surface area contributed by atoms with Crippen molar-refractivity contribution in [2.75, 3.05) is 18.2 Å². The number of hydrogen-bond acceptors (Lipinski definition) is 8. The lowest BCUT2D eigenvalue weighted by Crippen LogP contribution is -2.26. The van der Waals surface area contributed by atoms with Gasteiger partial charge in [-0.3, -0.25) is 4.79 Å². The molecule has 1 aliphatic carbocycles. The maximum atomic E-state index is 12.8. The van der Waals surface area contributed by atoms with Gasteiger partial charge in [0, 0.05) is 4.88 Å². The highest BCUT2D eigenvalue weighted by Gasteiger charge is 2.34. The summed E-state index contributed by atoms with van der Waals surface area (Å²) in [4.78, 5) is 26.5. The van der Waals surface area contributed by atoms with Crippen molar-refractivity contribution in [3.05, 3.63) is 46.3 Å². The average molecular weight is 486 g/mol. The molecule has 1 aromatic carbocycles. The standard InChI is InChI=1S/C23H27N5O3S2/c1-23(2,3)14-10-11-16-17(12-14)33-20(19(16)21(30)31-4)24-18(29)13-32-22-25-26-27-28(22)15-8-6-5-7-9-15/h5-9,14H,10-13H2,1-4H3,(H,24,29)/t14-/m0/s1. The molecule has 1 atom stereocenters. The highest BCUT2D eigenvalue weighted by molar-refractivity contribution is 7.99. The largest absolute Gasteiger partial charge is 0.465 e. The molecule has 3 aromatic rings. The number of esters is 1. The summed E-state index contributed by atoms with van der Waals surface area (Å²) in [5.74, 6) is 0.0163. The molecule has 0 unspecified atom stereocenters. The van der Waals surface area contributed by atoms with Crippen LogP contribution >= 0.6 is 23.1 Å². The molecule has 1 aliphatic rings. The Morgan fingerprint density at radius 1 is 1.27 bits per heavy atom. The maximum Gasteiger partial charge on any atom is 0.341 e. The molecule has 1 N–H and O–H groups in total. The molecule has 0 fully saturated rings. The number of anilines is 1. The Bertz CT molecular complexity index is 1150. The smallest absolute Gasteiger partial charge is 0.341 e. The second kappa shape index (κ2) is 9.64. The van der Waals surface area contributed by atoms with Crippen molar-refractivity contribution in [3.63, 3.8) is 0 Å². The van der Waals surface area contributed by atoms with Gasteiger partial charge >= 0.3 is 5.97 Å². The molecule has 0 bridgehead atoms. The summed E-state index contributed by atoms with van der Waals surface area (Å²) in [6, 6.07) is 9.50. The third kappa shape index (κ3) is 5.11. The van der Waals surface area contributed by atoms with Crippen LogP contribution in [0.2, 0.25) is 0 Å². The van der Waals surface area contributed by atoms with Gasteiger partial charge in [-0.25, -0.2) is 4.79 Å². The first-order valence-corrected chi connectivity index (χ1v) is 12.6. The third-order valence-electron chi connectivity index (χ3n) is 5.91. The van der Waals surface area contributed by atoms with Crippen LogP contribution in [0.3, 0.4) is 0 Å². The molecule has 174 valence electrons. The Labute approximate surface area is 201 Å². The van der Waals surface area contributed by atoms with Crippen LogP contribution in [0.15, 0.2) is 35.5 Å². The molecular weight excluding hydrogens is 458 g/mol. The van der Waals surface area contributed by atoms with Gasteiger partial charge in [0.1, 0.15) is 5.00 Å². The number of carbonyl (C=O) groups is 2. The Morgan fingerprint density at radius 2 is 2.03 bits per heavy atom. The van der Waals surface area contributed by atoms with E-state index in [1.807, 2.05) is 30.3 Å². The Morgan fingerprint density at radius 3 is 2.73 bits per heavy atom. The first-order chi connectivity index (χ1) is 15.8. The second-order valence-corrected chi connectivity index (χ2v) is 11.1. The van der Waals surface area contributed by atoms with E-state index in [1.54, 1.807) is 4.68 Å². The van der Waals surface area contributed by atoms with Gasteiger partial charge in [0.15, 0.2) is 0 Å². The highest BCUT2D eigenvalue weighted by atomic mass is 32.2. The molecule has 0 aliphatic heterocycles. The monoisotopic (exact) mass is 485 g/mol. The molecule has 8 nitrogen and oxygen atoms in total. The molecule has 2 aromatic heterocycles. The van der Waals surface area contributed by atoms with Crippen LogP contribution in [0.4, 0.5) is 5.00 Å². The minimum absolute atomic E-state index is 0.112. The van der Waals surface area contributed by atoms with E-state index in [0.29, 0.717) is 21.6 Å². The number of amides is 1. The fourth-order valence-corrected chi connectivity index (χ4v) is 6.05. The third-order valence-corrected chi connectivity index (χ3v) is 8.00. The van der Waals surface area contributed by atoms with Gasteiger partial charge < -0.3 is 10.1 Å². The predicted octanol–water partition coefficient (Wildman–Crippen LogP) is 4.39. The molecule has 10 heteroatoms. The van der Waals surface area contributed by atoms with Crippen molar-refractivity contribution in [2.45, 2.75) is 45.2 Å². The normalized spacial score (nSPS) is 15.7. The van der Waals surface area contributed by atoms with Gasteiger partial charge in [0.2, 0.25) is 11.1 Å². The summed E-state index contributed by atoms with van der Waals surface area (Å²) in [7, 11) is 1.37. The average Bonchev–Trinajstić information content (AvgIpc) is 3.41. The zero-order valence-electron chi connectivity index (χ0n) is 19.1. The molecule has 4 rings (SSSR count). The van der Waals surface area contributed by atoms with Gasteiger partial charge in [-0.05, 0) is 58.7 Å². The number of hydrogen-bond donors (Lipinski definition) is 1. The predicted molar refractivity (Wildman–Crippen MR) is 129 cm³/mol. The minimum Gasteiger partial charge on any atom is -0.465 e. The minimum atomic E-state index is -0.405. The Hall–Kier alpha value is -2.72. The van der Waals surface area contributed by atoms with Crippen LogP contribution in [-0.2, 0) is 22.4 Å². The molecule has 0 saturated carbocycles. The van der Waals surface area contributed by atoms with E-state index in [0.717, 1.165) is 35.4 Å². The van der Waals surface area contributed by atoms with Gasteiger partial charge in [0.25, 0.3) is 0 Å². The summed E-state index contributed by atoms with van der Waals surface area (Å²) in [6.45, 7) is 6.75. The molecular formula is C23H27N5O3S2. The van der Waals surface area contributed by atoms with Crippen molar-refractivity contribution in [2.24, 2.45) is 11.3 Å². The number of benzene rings is 1. The van der Waals surface area contributed by atoms with E-state index in [4.69, 9.17) is 4.74 Å². The van der Waals surface area contributed by atoms with Crippen molar-refractivity contribution in [3.8, 4) is 5.69 Å². The fraction of sp³-hybridized carbons (Fsp3) is 0.435. The van der Waals surface area contributed by atoms with Crippen LogP contribution in [0, 0.1) is 11.3 Å². The van der Waals surface area contributed by atoms with Crippen LogP contribution < -0.4 is 5.32 Å². The summed E-state index contributed by atoms with van der Waals surface area (Å²) >= 11 is 2.73.